The molecule has 1 N–H and O–H groups in total. The van der Waals surface area contributed by atoms with Crippen LogP contribution in [0.1, 0.15) is 23.1 Å². The summed E-state index contributed by atoms with van der Waals surface area (Å²) in [7, 11) is 1.57. The maximum atomic E-state index is 12.5. The lowest BCUT2D eigenvalue weighted by molar-refractivity contribution is -0.117. The fourth-order valence-corrected chi connectivity index (χ4v) is 3.96. The van der Waals surface area contributed by atoms with Crippen molar-refractivity contribution < 1.29 is 9.53 Å². The van der Waals surface area contributed by atoms with Crippen LogP contribution >= 0.6 is 11.6 Å². The summed E-state index contributed by atoms with van der Waals surface area (Å²) in [4.78, 5) is 14.7. The summed E-state index contributed by atoms with van der Waals surface area (Å²) in [6.07, 6.45) is 7.03. The van der Waals surface area contributed by atoms with Gasteiger partial charge in [-0.2, -0.15) is 5.10 Å². The van der Waals surface area contributed by atoms with Crippen molar-refractivity contribution >= 4 is 28.8 Å². The molecule has 0 spiro atoms. The molecule has 1 aliphatic rings. The van der Waals surface area contributed by atoms with Crippen molar-refractivity contribution in [3.63, 3.8) is 0 Å². The number of hydrogen-bond donors (Lipinski definition) is 1. The van der Waals surface area contributed by atoms with Gasteiger partial charge in [0.1, 0.15) is 5.75 Å². The number of halogens is 1. The van der Waals surface area contributed by atoms with Crippen molar-refractivity contribution in [3.05, 3.63) is 76.6 Å². The van der Waals surface area contributed by atoms with E-state index < -0.39 is 0 Å². The van der Waals surface area contributed by atoms with E-state index in [2.05, 4.69) is 59.6 Å². The van der Waals surface area contributed by atoms with Gasteiger partial charge in [0.25, 0.3) is 0 Å². The molecule has 4 rings (SSSR count). The maximum absolute atomic E-state index is 12.5. The number of carbonyl (C=O) groups excluding carboxylic acids is 1. The number of hydrogen-bond acceptors (Lipinski definition) is 4. The van der Waals surface area contributed by atoms with Crippen LogP contribution in [0.25, 0.3) is 11.3 Å². The normalized spacial score (nSPS) is 14.2. The van der Waals surface area contributed by atoms with Gasteiger partial charge in [0, 0.05) is 29.9 Å². The highest BCUT2D eigenvalue weighted by Crippen LogP contribution is 2.28. The Balaban J connectivity index is 1.37. The van der Waals surface area contributed by atoms with Gasteiger partial charge in [-0.25, -0.2) is 4.68 Å². The number of nitrogens with one attached hydrogen (secondary N) is 1. The first-order valence-corrected chi connectivity index (χ1v) is 11.0. The van der Waals surface area contributed by atoms with E-state index in [1.54, 1.807) is 25.3 Å². The van der Waals surface area contributed by atoms with E-state index in [1.165, 1.54) is 16.7 Å². The molecule has 1 aliphatic heterocycles. The average Bonchev–Trinajstić information content (AvgIpc) is 3.26. The number of methoxy groups -OCH3 is 1. The molecule has 32 heavy (non-hydrogen) atoms. The van der Waals surface area contributed by atoms with Crippen molar-refractivity contribution in [2.24, 2.45) is 0 Å². The van der Waals surface area contributed by atoms with Crippen LogP contribution in [0.15, 0.2) is 54.9 Å². The molecule has 0 unspecified atom stereocenters. The number of rotatable bonds is 6. The molecule has 0 atom stereocenters. The highest BCUT2D eigenvalue weighted by Gasteiger charge is 2.18. The Kier molecular flexibility index (Phi) is 6.63. The van der Waals surface area contributed by atoms with Gasteiger partial charge in [0.05, 0.1) is 31.2 Å². The van der Waals surface area contributed by atoms with Gasteiger partial charge in [0.15, 0.2) is 0 Å². The van der Waals surface area contributed by atoms with Crippen molar-refractivity contribution in [2.75, 3.05) is 32.1 Å². The third kappa shape index (κ3) is 5.03. The van der Waals surface area contributed by atoms with Crippen LogP contribution in [-0.4, -0.2) is 47.3 Å². The molecule has 6 nitrogen and oxygen atoms in total. The minimum Gasteiger partial charge on any atom is -0.495 e. The number of carbonyl (C=O) groups is 1. The minimum atomic E-state index is -0.0926. The van der Waals surface area contributed by atoms with Gasteiger partial charge in [-0.05, 0) is 67.3 Å². The lowest BCUT2D eigenvalue weighted by Gasteiger charge is -2.25. The Hall–Kier alpha value is -3.09. The van der Waals surface area contributed by atoms with Crippen LogP contribution in [0.5, 0.6) is 5.75 Å². The van der Waals surface area contributed by atoms with E-state index in [-0.39, 0.29) is 5.91 Å². The van der Waals surface area contributed by atoms with Gasteiger partial charge < -0.3 is 10.1 Å². The number of benzene rings is 2. The van der Waals surface area contributed by atoms with E-state index in [9.17, 15) is 4.79 Å². The van der Waals surface area contributed by atoms with Crippen molar-refractivity contribution in [1.82, 2.24) is 14.7 Å². The number of aromatic nitrogens is 2. The largest absolute Gasteiger partial charge is 0.495 e. The van der Waals surface area contributed by atoms with Crippen LogP contribution in [0.4, 0.5) is 5.69 Å². The monoisotopic (exact) mass is 450 g/mol. The van der Waals surface area contributed by atoms with Crippen LogP contribution in [0.2, 0.25) is 5.02 Å². The Morgan fingerprint density at radius 3 is 2.75 bits per heavy atom. The molecule has 2 heterocycles. The summed E-state index contributed by atoms with van der Waals surface area (Å²) in [5, 5.41) is 7.99. The molecule has 7 heteroatoms. The Bertz CT molecular complexity index is 1170. The topological polar surface area (TPSA) is 59.4 Å². The summed E-state index contributed by atoms with van der Waals surface area (Å²) in [5.74, 6) is 0.495. The second-order valence-corrected chi connectivity index (χ2v) is 8.49. The number of anilines is 1. The molecule has 0 radical (unpaired) electrons. The van der Waals surface area contributed by atoms with Crippen molar-refractivity contribution in [1.29, 1.82) is 0 Å². The fourth-order valence-electron chi connectivity index (χ4n) is 3.79. The lowest BCUT2D eigenvalue weighted by Crippen LogP contribution is -2.36. The molecule has 0 saturated carbocycles. The summed E-state index contributed by atoms with van der Waals surface area (Å²) in [6, 6.07) is 11.5. The predicted octanol–water partition coefficient (Wildman–Crippen LogP) is 4.88. The van der Waals surface area contributed by atoms with Crippen molar-refractivity contribution in [2.45, 2.75) is 20.3 Å². The first kappa shape index (κ1) is 22.1. The molecule has 1 amide bonds. The highest BCUT2D eigenvalue weighted by atomic mass is 35.5. The molecule has 3 aromatic rings. The lowest BCUT2D eigenvalue weighted by atomic mass is 10.0. The molecule has 1 aromatic heterocycles. The second kappa shape index (κ2) is 9.59. The number of nitrogens with zero attached hydrogens (tertiary/aromatic N) is 3. The minimum absolute atomic E-state index is 0.0926. The first-order valence-electron chi connectivity index (χ1n) is 10.6. The molecule has 2 aromatic carbocycles. The van der Waals surface area contributed by atoms with E-state index in [0.717, 1.165) is 24.2 Å². The molecular weight excluding hydrogens is 424 g/mol. The van der Waals surface area contributed by atoms with Crippen LogP contribution in [-0.2, 0) is 4.79 Å². The summed E-state index contributed by atoms with van der Waals surface area (Å²) >= 11 is 6.05. The molecule has 0 fully saturated rings. The Labute approximate surface area is 193 Å². The van der Waals surface area contributed by atoms with Crippen LogP contribution in [0.3, 0.4) is 0 Å². The second-order valence-electron chi connectivity index (χ2n) is 8.05. The number of amides is 1. The first-order chi connectivity index (χ1) is 15.4. The van der Waals surface area contributed by atoms with Gasteiger partial charge in [-0.15, -0.1) is 0 Å². The predicted molar refractivity (Wildman–Crippen MR) is 129 cm³/mol. The SMILES string of the molecule is COc1ccc(Cl)cc1NC(=O)CN1CC=C(c2cnn(-c3ccc(C)c(C)c3)c2)CC1. The fraction of sp³-hybridized carbons (Fsp3) is 0.280. The van der Waals surface area contributed by atoms with Crippen LogP contribution < -0.4 is 10.1 Å². The number of ether oxygens (including phenoxy) is 1. The third-order valence-electron chi connectivity index (χ3n) is 5.80. The smallest absolute Gasteiger partial charge is 0.238 e. The molecular formula is C25H27ClN4O2. The van der Waals surface area contributed by atoms with Gasteiger partial charge in [-0.1, -0.05) is 23.7 Å². The van der Waals surface area contributed by atoms with E-state index in [1.807, 2.05) is 10.9 Å². The van der Waals surface area contributed by atoms with E-state index in [4.69, 9.17) is 16.3 Å². The third-order valence-corrected chi connectivity index (χ3v) is 6.04. The quantitative estimate of drug-likeness (QED) is 0.581. The average molecular weight is 451 g/mol. The van der Waals surface area contributed by atoms with Crippen LogP contribution in [0, 0.1) is 13.8 Å². The summed E-state index contributed by atoms with van der Waals surface area (Å²) < 4.78 is 7.21. The van der Waals surface area contributed by atoms with Crippen molar-refractivity contribution in [3.8, 4) is 11.4 Å². The Morgan fingerprint density at radius 2 is 2.03 bits per heavy atom. The zero-order chi connectivity index (χ0) is 22.7. The summed E-state index contributed by atoms with van der Waals surface area (Å²) in [5.41, 5.74) is 6.54. The van der Waals surface area contributed by atoms with Gasteiger partial charge in [0.2, 0.25) is 5.91 Å². The molecule has 0 aliphatic carbocycles. The van der Waals surface area contributed by atoms with Gasteiger partial charge >= 0.3 is 0 Å². The standard InChI is InChI=1S/C25H27ClN4O2/c1-17-4-6-22(12-18(17)2)30-15-20(14-27-30)19-8-10-29(11-9-19)16-25(31)28-23-13-21(26)5-7-24(23)32-3/h4-8,12-15H,9-11,16H2,1-3H3,(H,28,31). The molecule has 166 valence electrons. The van der Waals surface area contributed by atoms with E-state index in [0.29, 0.717) is 29.5 Å². The zero-order valence-electron chi connectivity index (χ0n) is 18.6. The molecule has 0 bridgehead atoms. The summed E-state index contributed by atoms with van der Waals surface area (Å²) in [6.45, 7) is 6.05. The zero-order valence-corrected chi connectivity index (χ0v) is 19.3. The maximum Gasteiger partial charge on any atom is 0.238 e. The van der Waals surface area contributed by atoms with E-state index >= 15 is 0 Å². The van der Waals surface area contributed by atoms with Gasteiger partial charge in [-0.3, -0.25) is 9.69 Å². The molecule has 0 saturated heterocycles. The Morgan fingerprint density at radius 1 is 1.19 bits per heavy atom. The number of aryl methyl sites for hydroxylation is 2. The highest BCUT2D eigenvalue weighted by molar-refractivity contribution is 6.31.